The van der Waals surface area contributed by atoms with E-state index >= 15 is 0 Å². The SMILES string of the molecule is COc1cc(-c2oc3cc(OCc4ccccc4)cc(Br)c3c(=O)c2O)ccc1OCc1ccccc1. The fourth-order valence-corrected chi connectivity index (χ4v) is 4.52. The molecule has 5 rings (SSSR count). The topological polar surface area (TPSA) is 78.1 Å². The molecule has 7 heteroatoms. The van der Waals surface area contributed by atoms with Crippen molar-refractivity contribution in [2.45, 2.75) is 13.2 Å². The number of methoxy groups -OCH3 is 1. The van der Waals surface area contributed by atoms with Crippen LogP contribution in [-0.4, -0.2) is 12.2 Å². The second-order valence-electron chi connectivity index (χ2n) is 8.30. The molecule has 0 spiro atoms. The van der Waals surface area contributed by atoms with Gasteiger partial charge in [0.2, 0.25) is 11.2 Å². The predicted octanol–water partition coefficient (Wildman–Crippen LogP) is 7.09. The fourth-order valence-electron chi connectivity index (χ4n) is 3.92. The summed E-state index contributed by atoms with van der Waals surface area (Å²) in [4.78, 5) is 13.1. The van der Waals surface area contributed by atoms with Crippen LogP contribution in [0.15, 0.2) is 105 Å². The highest BCUT2D eigenvalue weighted by Gasteiger charge is 2.20. The maximum atomic E-state index is 13.1. The summed E-state index contributed by atoms with van der Waals surface area (Å²) in [5, 5.41) is 11.0. The second-order valence-corrected chi connectivity index (χ2v) is 9.16. The summed E-state index contributed by atoms with van der Waals surface area (Å²) in [7, 11) is 1.53. The quantitative estimate of drug-likeness (QED) is 0.219. The Balaban J connectivity index is 1.48. The highest BCUT2D eigenvalue weighted by molar-refractivity contribution is 9.10. The van der Waals surface area contributed by atoms with E-state index in [0.717, 1.165) is 11.1 Å². The molecule has 0 bridgehead atoms. The summed E-state index contributed by atoms with van der Waals surface area (Å²) in [6.07, 6.45) is 0. The molecule has 0 aliphatic carbocycles. The van der Waals surface area contributed by atoms with Gasteiger partial charge in [-0.15, -0.1) is 0 Å². The van der Waals surface area contributed by atoms with Gasteiger partial charge in [0.05, 0.1) is 12.5 Å². The molecule has 1 aromatic heterocycles. The van der Waals surface area contributed by atoms with E-state index in [1.807, 2.05) is 60.7 Å². The zero-order valence-electron chi connectivity index (χ0n) is 19.9. The molecule has 5 aromatic rings. The van der Waals surface area contributed by atoms with Crippen LogP contribution in [0.3, 0.4) is 0 Å². The lowest BCUT2D eigenvalue weighted by Gasteiger charge is -2.13. The number of halogens is 1. The Labute approximate surface area is 221 Å². The van der Waals surface area contributed by atoms with Crippen molar-refractivity contribution < 1.29 is 23.7 Å². The average Bonchev–Trinajstić information content (AvgIpc) is 2.93. The average molecular weight is 559 g/mol. The minimum atomic E-state index is -0.555. The molecule has 1 N–H and O–H groups in total. The molecule has 37 heavy (non-hydrogen) atoms. The number of hydrogen-bond donors (Lipinski definition) is 1. The van der Waals surface area contributed by atoms with Gasteiger partial charge >= 0.3 is 0 Å². The lowest BCUT2D eigenvalue weighted by Crippen LogP contribution is -2.04. The van der Waals surface area contributed by atoms with Gasteiger partial charge in [0.15, 0.2) is 17.3 Å². The van der Waals surface area contributed by atoms with E-state index in [-0.39, 0.29) is 16.7 Å². The number of aromatic hydroxyl groups is 1. The van der Waals surface area contributed by atoms with Gasteiger partial charge in [0, 0.05) is 16.1 Å². The Hall–Kier alpha value is -4.23. The van der Waals surface area contributed by atoms with Crippen molar-refractivity contribution in [3.8, 4) is 34.3 Å². The molecule has 0 saturated heterocycles. The van der Waals surface area contributed by atoms with Gasteiger partial charge < -0.3 is 23.7 Å². The fraction of sp³-hybridized carbons (Fsp3) is 0.100. The molecule has 1 heterocycles. The van der Waals surface area contributed by atoms with Crippen LogP contribution in [0.5, 0.6) is 23.0 Å². The van der Waals surface area contributed by atoms with E-state index in [9.17, 15) is 9.90 Å². The first-order valence-electron chi connectivity index (χ1n) is 11.5. The third-order valence-corrected chi connectivity index (χ3v) is 6.43. The molecule has 0 fully saturated rings. The van der Waals surface area contributed by atoms with Crippen LogP contribution in [0.25, 0.3) is 22.3 Å². The monoisotopic (exact) mass is 558 g/mol. The van der Waals surface area contributed by atoms with Crippen LogP contribution in [-0.2, 0) is 13.2 Å². The molecular formula is C30H23BrO6. The molecule has 0 aliphatic heterocycles. The molecule has 0 radical (unpaired) electrons. The van der Waals surface area contributed by atoms with Crippen LogP contribution >= 0.6 is 15.9 Å². The maximum Gasteiger partial charge on any atom is 0.236 e. The summed E-state index contributed by atoms with van der Waals surface area (Å²) in [5.74, 6) is 1.02. The van der Waals surface area contributed by atoms with Crippen LogP contribution in [0.4, 0.5) is 0 Å². The minimum Gasteiger partial charge on any atom is -0.502 e. The van der Waals surface area contributed by atoms with E-state index < -0.39 is 11.2 Å². The van der Waals surface area contributed by atoms with Crippen molar-refractivity contribution in [3.05, 3.63) is 117 Å². The first kappa shape index (κ1) is 24.5. The summed E-state index contributed by atoms with van der Waals surface area (Å²) >= 11 is 3.42. The Morgan fingerprint density at radius 1 is 0.811 bits per heavy atom. The second kappa shape index (κ2) is 10.8. The molecule has 186 valence electrons. The van der Waals surface area contributed by atoms with E-state index in [2.05, 4.69) is 15.9 Å². The Bertz CT molecular complexity index is 1600. The van der Waals surface area contributed by atoms with Crippen LogP contribution in [0.1, 0.15) is 11.1 Å². The number of rotatable bonds is 8. The first-order chi connectivity index (χ1) is 18.0. The minimum absolute atomic E-state index is 0.0255. The van der Waals surface area contributed by atoms with E-state index in [0.29, 0.717) is 40.5 Å². The Kier molecular flexibility index (Phi) is 7.14. The van der Waals surface area contributed by atoms with E-state index in [4.69, 9.17) is 18.6 Å². The predicted molar refractivity (Wildman–Crippen MR) is 145 cm³/mol. The zero-order chi connectivity index (χ0) is 25.8. The van der Waals surface area contributed by atoms with Gasteiger partial charge in [0.25, 0.3) is 0 Å². The number of benzene rings is 4. The van der Waals surface area contributed by atoms with Crippen molar-refractivity contribution in [1.29, 1.82) is 0 Å². The smallest absolute Gasteiger partial charge is 0.236 e. The molecule has 0 atom stereocenters. The lowest BCUT2D eigenvalue weighted by atomic mass is 10.1. The first-order valence-corrected chi connectivity index (χ1v) is 12.3. The van der Waals surface area contributed by atoms with Gasteiger partial charge in [-0.25, -0.2) is 0 Å². The van der Waals surface area contributed by atoms with Gasteiger partial charge in [0.1, 0.15) is 24.5 Å². The van der Waals surface area contributed by atoms with Gasteiger partial charge in [-0.2, -0.15) is 0 Å². The van der Waals surface area contributed by atoms with Gasteiger partial charge in [-0.3, -0.25) is 4.79 Å². The summed E-state index contributed by atoms with van der Waals surface area (Å²) in [5.41, 5.74) is 2.21. The van der Waals surface area contributed by atoms with Crippen molar-refractivity contribution in [3.63, 3.8) is 0 Å². The summed E-state index contributed by atoms with van der Waals surface area (Å²) in [6, 6.07) is 27.9. The van der Waals surface area contributed by atoms with Crippen molar-refractivity contribution in [1.82, 2.24) is 0 Å². The largest absolute Gasteiger partial charge is 0.502 e. The molecule has 6 nitrogen and oxygen atoms in total. The van der Waals surface area contributed by atoms with Crippen LogP contribution < -0.4 is 19.6 Å². The highest BCUT2D eigenvalue weighted by Crippen LogP contribution is 2.38. The Morgan fingerprint density at radius 2 is 1.46 bits per heavy atom. The molecular weight excluding hydrogens is 536 g/mol. The van der Waals surface area contributed by atoms with E-state index in [1.165, 1.54) is 7.11 Å². The molecule has 0 saturated carbocycles. The molecule has 0 amide bonds. The van der Waals surface area contributed by atoms with Crippen molar-refractivity contribution in [2.24, 2.45) is 0 Å². The molecule has 0 aliphatic rings. The lowest BCUT2D eigenvalue weighted by molar-refractivity contribution is 0.284. The number of ether oxygens (including phenoxy) is 3. The number of hydrogen-bond acceptors (Lipinski definition) is 6. The van der Waals surface area contributed by atoms with Gasteiger partial charge in [-0.05, 0) is 51.3 Å². The summed E-state index contributed by atoms with van der Waals surface area (Å²) < 4.78 is 23.9. The normalized spacial score (nSPS) is 10.9. The van der Waals surface area contributed by atoms with Gasteiger partial charge in [-0.1, -0.05) is 60.7 Å². The zero-order valence-corrected chi connectivity index (χ0v) is 21.5. The van der Waals surface area contributed by atoms with E-state index in [1.54, 1.807) is 30.3 Å². The van der Waals surface area contributed by atoms with Crippen molar-refractivity contribution in [2.75, 3.05) is 7.11 Å². The number of fused-ring (bicyclic) bond motifs is 1. The Morgan fingerprint density at radius 3 is 2.11 bits per heavy atom. The third kappa shape index (κ3) is 5.32. The van der Waals surface area contributed by atoms with Crippen molar-refractivity contribution >= 4 is 26.9 Å². The standard InChI is InChI=1S/C30H23BrO6/c1-34-25-14-21(12-13-24(25)36-18-20-10-6-3-7-11-20)30-29(33)28(32)27-23(31)15-22(16-26(27)37-30)35-17-19-8-4-2-5-9-19/h2-16,33H,17-18H2,1H3. The summed E-state index contributed by atoms with van der Waals surface area (Å²) in [6.45, 7) is 0.724. The molecule has 4 aromatic carbocycles. The maximum absolute atomic E-state index is 13.1. The van der Waals surface area contributed by atoms with Crippen LogP contribution in [0.2, 0.25) is 0 Å². The van der Waals surface area contributed by atoms with Crippen LogP contribution in [0, 0.1) is 0 Å². The molecule has 0 unspecified atom stereocenters. The third-order valence-electron chi connectivity index (χ3n) is 5.81. The highest BCUT2D eigenvalue weighted by atomic mass is 79.9.